The van der Waals surface area contributed by atoms with Gasteiger partial charge >= 0.3 is 0 Å². The van der Waals surface area contributed by atoms with Crippen LogP contribution in [0.4, 0.5) is 0 Å². The zero-order valence-electron chi connectivity index (χ0n) is 32.4. The van der Waals surface area contributed by atoms with E-state index >= 15 is 0 Å². The van der Waals surface area contributed by atoms with Gasteiger partial charge in [0.05, 0.1) is 0 Å². The zero-order chi connectivity index (χ0) is 35.6. The summed E-state index contributed by atoms with van der Waals surface area (Å²) >= 11 is 0. The van der Waals surface area contributed by atoms with Gasteiger partial charge in [-0.3, -0.25) is 0 Å². The maximum Gasteiger partial charge on any atom is 0.219 e. The standard InChI is InChI=1S/C43H68N2O3Si2/c1-7-9-13-19-32(3)20-14-11-12-15-21-35(6)50-43-46-40-25-24-36(29-41(40)47-43)42-44-30-37(31-45-42)38-22-16-17-23-39(38)48-49-27-26-34(5)28-33(4)18-10-8-2/h16-17,22-25,29-35,43H,7-15,18-21,26-28,49-50H2,1-6H3. The van der Waals surface area contributed by atoms with Crippen molar-refractivity contribution in [1.82, 2.24) is 9.97 Å². The SMILES string of the molecule is CCCCCC(C)CCCCCCC(C)[SiH2]C1Oc2ccc(-c3ncc(-c4ccccc4O[SiH2]CCC(C)CC(C)CCCC)cn3)cc2O1. The second kappa shape index (κ2) is 22.3. The lowest BCUT2D eigenvalue weighted by molar-refractivity contribution is 0.122. The highest BCUT2D eigenvalue weighted by Crippen LogP contribution is 2.38. The van der Waals surface area contributed by atoms with Crippen LogP contribution in [-0.4, -0.2) is 35.2 Å². The molecule has 0 radical (unpaired) electrons. The Kier molecular flexibility index (Phi) is 17.9. The third-order valence-corrected chi connectivity index (χ3v) is 13.7. The lowest BCUT2D eigenvalue weighted by atomic mass is 9.92. The highest BCUT2D eigenvalue weighted by molar-refractivity contribution is 6.38. The first kappa shape index (κ1) is 40.1. The van der Waals surface area contributed by atoms with Crippen LogP contribution >= 0.6 is 0 Å². The van der Waals surface area contributed by atoms with Crippen LogP contribution in [0.25, 0.3) is 22.5 Å². The van der Waals surface area contributed by atoms with Gasteiger partial charge in [0, 0.05) is 29.1 Å². The maximum absolute atomic E-state index is 6.43. The molecule has 1 aliphatic heterocycles. The number of fused-ring (bicyclic) bond motifs is 1. The number of hydrogen-bond donors (Lipinski definition) is 0. The van der Waals surface area contributed by atoms with Crippen LogP contribution < -0.4 is 13.9 Å². The molecule has 5 nitrogen and oxygen atoms in total. The zero-order valence-corrected chi connectivity index (χ0v) is 35.3. The molecule has 2 heterocycles. The van der Waals surface area contributed by atoms with E-state index < -0.39 is 19.3 Å². The van der Waals surface area contributed by atoms with E-state index in [-0.39, 0.29) is 5.91 Å². The number of hydrogen-bond acceptors (Lipinski definition) is 5. The van der Waals surface area contributed by atoms with Gasteiger partial charge in [-0.1, -0.05) is 150 Å². The molecule has 1 aromatic heterocycles. The molecule has 276 valence electrons. The Hall–Kier alpha value is -2.65. The summed E-state index contributed by atoms with van der Waals surface area (Å²) in [5.74, 6) is 5.72. The van der Waals surface area contributed by atoms with Crippen LogP contribution in [0.15, 0.2) is 54.9 Å². The smallest absolute Gasteiger partial charge is 0.219 e. The number of nitrogens with zero attached hydrogens (tertiary/aromatic N) is 2. The number of para-hydroxylation sites is 1. The Labute approximate surface area is 309 Å². The maximum atomic E-state index is 6.43. The Morgan fingerprint density at radius 3 is 2.10 bits per heavy atom. The number of benzene rings is 2. The molecule has 0 saturated heterocycles. The second-order valence-electron chi connectivity index (χ2n) is 15.6. The van der Waals surface area contributed by atoms with Crippen LogP contribution in [0, 0.1) is 17.8 Å². The molecular weight excluding hydrogens is 649 g/mol. The minimum absolute atomic E-state index is 0.0832. The first-order valence-corrected chi connectivity index (χ1v) is 23.6. The summed E-state index contributed by atoms with van der Waals surface area (Å²) < 4.78 is 19.0. The van der Waals surface area contributed by atoms with E-state index in [1.54, 1.807) is 0 Å². The second-order valence-corrected chi connectivity index (χ2v) is 19.6. The minimum atomic E-state index is -0.650. The van der Waals surface area contributed by atoms with Crippen molar-refractivity contribution in [1.29, 1.82) is 0 Å². The topological polar surface area (TPSA) is 53.5 Å². The van der Waals surface area contributed by atoms with Gasteiger partial charge in [0.15, 0.2) is 17.3 Å². The van der Waals surface area contributed by atoms with Crippen molar-refractivity contribution in [2.24, 2.45) is 17.8 Å². The fraction of sp³-hybridized carbons (Fsp3) is 0.628. The average molecular weight is 717 g/mol. The van der Waals surface area contributed by atoms with Gasteiger partial charge in [-0.05, 0) is 60.0 Å². The lowest BCUT2D eigenvalue weighted by Crippen LogP contribution is -2.28. The Bertz CT molecular complexity index is 1370. The summed E-state index contributed by atoms with van der Waals surface area (Å²) in [4.78, 5) is 9.53. The number of aromatic nitrogens is 2. The van der Waals surface area contributed by atoms with Crippen LogP contribution in [0.5, 0.6) is 17.2 Å². The Morgan fingerprint density at radius 2 is 1.34 bits per heavy atom. The van der Waals surface area contributed by atoms with Gasteiger partial charge in [-0.2, -0.15) is 0 Å². The van der Waals surface area contributed by atoms with E-state index in [0.29, 0.717) is 11.4 Å². The van der Waals surface area contributed by atoms with Crippen molar-refractivity contribution >= 4 is 19.3 Å². The monoisotopic (exact) mass is 716 g/mol. The molecule has 0 fully saturated rings. The number of ether oxygens (including phenoxy) is 2. The molecule has 3 aromatic rings. The third kappa shape index (κ3) is 13.8. The van der Waals surface area contributed by atoms with Crippen molar-refractivity contribution < 1.29 is 13.9 Å². The van der Waals surface area contributed by atoms with Crippen molar-refractivity contribution in [3.63, 3.8) is 0 Å². The van der Waals surface area contributed by atoms with Crippen LogP contribution in [0.1, 0.15) is 138 Å². The molecule has 2 aromatic carbocycles. The predicted molar refractivity (Wildman–Crippen MR) is 218 cm³/mol. The molecule has 0 aliphatic carbocycles. The van der Waals surface area contributed by atoms with Gasteiger partial charge in [0.1, 0.15) is 15.3 Å². The first-order chi connectivity index (χ1) is 24.4. The van der Waals surface area contributed by atoms with Gasteiger partial charge < -0.3 is 13.9 Å². The van der Waals surface area contributed by atoms with E-state index in [4.69, 9.17) is 23.9 Å². The van der Waals surface area contributed by atoms with Crippen molar-refractivity contribution in [3.05, 3.63) is 54.9 Å². The highest BCUT2D eigenvalue weighted by Gasteiger charge is 2.27. The summed E-state index contributed by atoms with van der Waals surface area (Å²) in [5.41, 5.74) is 3.70. The fourth-order valence-electron chi connectivity index (χ4n) is 7.45. The van der Waals surface area contributed by atoms with E-state index in [2.05, 4.69) is 65.8 Å². The lowest BCUT2D eigenvalue weighted by Gasteiger charge is -2.17. The molecule has 50 heavy (non-hydrogen) atoms. The highest BCUT2D eigenvalue weighted by atomic mass is 28.2. The number of rotatable bonds is 25. The Morgan fingerprint density at radius 1 is 0.680 bits per heavy atom. The van der Waals surface area contributed by atoms with Crippen molar-refractivity contribution in [2.45, 2.75) is 155 Å². The third-order valence-electron chi connectivity index (χ3n) is 10.6. The summed E-state index contributed by atoms with van der Waals surface area (Å²) in [5, 5.41) is 0. The van der Waals surface area contributed by atoms with Crippen molar-refractivity contribution in [2.75, 3.05) is 0 Å². The molecular formula is C43H68N2O3Si2. The van der Waals surface area contributed by atoms with E-state index in [1.165, 1.54) is 102 Å². The van der Waals surface area contributed by atoms with Crippen LogP contribution in [0.2, 0.25) is 11.6 Å². The van der Waals surface area contributed by atoms with Crippen LogP contribution in [-0.2, 0) is 0 Å². The molecule has 0 bridgehead atoms. The molecule has 7 heteroatoms. The fourth-order valence-corrected chi connectivity index (χ4v) is 10.7. The molecule has 5 atom stereocenters. The van der Waals surface area contributed by atoms with E-state index in [1.807, 2.05) is 30.6 Å². The molecule has 0 N–H and O–H groups in total. The summed E-state index contributed by atoms with van der Waals surface area (Å²) in [6.45, 7) is 14.2. The largest absolute Gasteiger partial charge is 0.549 e. The molecule has 0 saturated carbocycles. The van der Waals surface area contributed by atoms with Gasteiger partial charge in [-0.15, -0.1) is 0 Å². The van der Waals surface area contributed by atoms with Gasteiger partial charge in [0.25, 0.3) is 0 Å². The normalized spacial score (nSPS) is 16.7. The minimum Gasteiger partial charge on any atom is -0.549 e. The molecule has 0 amide bonds. The summed E-state index contributed by atoms with van der Waals surface area (Å²) in [6.07, 6.45) is 24.1. The van der Waals surface area contributed by atoms with Gasteiger partial charge in [0.2, 0.25) is 15.7 Å². The van der Waals surface area contributed by atoms with E-state index in [0.717, 1.165) is 51.7 Å². The molecule has 0 spiro atoms. The Balaban J connectivity index is 1.19. The van der Waals surface area contributed by atoms with Crippen molar-refractivity contribution in [3.8, 4) is 39.8 Å². The number of unbranched alkanes of at least 4 members (excludes halogenated alkanes) is 6. The van der Waals surface area contributed by atoms with Gasteiger partial charge in [-0.25, -0.2) is 9.97 Å². The average Bonchev–Trinajstić information content (AvgIpc) is 3.52. The predicted octanol–water partition coefficient (Wildman–Crippen LogP) is 11.5. The first-order valence-electron chi connectivity index (χ1n) is 20.4. The summed E-state index contributed by atoms with van der Waals surface area (Å²) in [6, 6.07) is 15.6. The molecule has 4 rings (SSSR count). The molecule has 5 unspecified atom stereocenters. The summed E-state index contributed by atoms with van der Waals surface area (Å²) in [7, 11) is -1.19. The van der Waals surface area contributed by atoms with Crippen LogP contribution in [0.3, 0.4) is 0 Å². The quantitative estimate of drug-likeness (QED) is 0.0645. The molecule has 1 aliphatic rings. The van der Waals surface area contributed by atoms with E-state index in [9.17, 15) is 0 Å².